The van der Waals surface area contributed by atoms with Gasteiger partial charge in [0.2, 0.25) is 0 Å². The summed E-state index contributed by atoms with van der Waals surface area (Å²) in [5, 5.41) is 0. The van der Waals surface area contributed by atoms with Crippen LogP contribution in [0.25, 0.3) is 0 Å². The summed E-state index contributed by atoms with van der Waals surface area (Å²) in [6.07, 6.45) is 0.979. The van der Waals surface area contributed by atoms with E-state index in [1.165, 1.54) is 0 Å². The molecule has 0 N–H and O–H groups in total. The first-order valence-electron chi connectivity index (χ1n) is 5.59. The average molecular weight is 218 g/mol. The summed E-state index contributed by atoms with van der Waals surface area (Å²) >= 11 is 0. The molecule has 0 saturated carbocycles. The van der Waals surface area contributed by atoms with Crippen molar-refractivity contribution in [3.63, 3.8) is 0 Å². The molecule has 0 heterocycles. The molecule has 0 aliphatic heterocycles. The summed E-state index contributed by atoms with van der Waals surface area (Å²) in [7, 11) is 0. The fourth-order valence-electron chi connectivity index (χ4n) is 1.06. The lowest BCUT2D eigenvalue weighted by Crippen LogP contribution is -2.28. The molecular formula is C11H22O4. The zero-order chi connectivity index (χ0) is 11.5. The van der Waals surface area contributed by atoms with Crippen LogP contribution in [0.3, 0.4) is 0 Å². The van der Waals surface area contributed by atoms with Gasteiger partial charge in [-0.2, -0.15) is 0 Å². The molecule has 4 heteroatoms. The van der Waals surface area contributed by atoms with Gasteiger partial charge in [0.05, 0.1) is 13.2 Å². The molecular weight excluding hydrogens is 196 g/mol. The second kappa shape index (κ2) is 9.93. The van der Waals surface area contributed by atoms with E-state index in [1.807, 2.05) is 20.8 Å². The van der Waals surface area contributed by atoms with Crippen LogP contribution >= 0.6 is 0 Å². The van der Waals surface area contributed by atoms with Crippen molar-refractivity contribution < 1.29 is 19.0 Å². The van der Waals surface area contributed by atoms with Gasteiger partial charge in [0.15, 0.2) is 0 Å². The van der Waals surface area contributed by atoms with Crippen molar-refractivity contribution in [2.45, 2.75) is 39.7 Å². The third-order valence-electron chi connectivity index (χ3n) is 1.77. The van der Waals surface area contributed by atoms with Crippen molar-refractivity contribution in [3.8, 4) is 0 Å². The Bertz CT molecular complexity index is 151. The topological polar surface area (TPSA) is 44.8 Å². The highest BCUT2D eigenvalue weighted by Gasteiger charge is 2.13. The Labute approximate surface area is 91.9 Å². The fourth-order valence-corrected chi connectivity index (χ4v) is 1.06. The van der Waals surface area contributed by atoms with E-state index >= 15 is 0 Å². The summed E-state index contributed by atoms with van der Waals surface area (Å²) in [5.41, 5.74) is 0. The van der Waals surface area contributed by atoms with Gasteiger partial charge in [-0.25, -0.2) is 0 Å². The molecule has 0 saturated heterocycles. The summed E-state index contributed by atoms with van der Waals surface area (Å²) in [4.78, 5) is 11.2. The standard InChI is InChI=1S/C11H22O4/c1-4-7-11(12)15-10(8-13-5-2)9-14-6-3/h10H,4-9H2,1-3H3. The minimum atomic E-state index is -0.274. The van der Waals surface area contributed by atoms with Gasteiger partial charge in [0.25, 0.3) is 0 Å². The van der Waals surface area contributed by atoms with Gasteiger partial charge in [-0.05, 0) is 20.3 Å². The van der Waals surface area contributed by atoms with Crippen LogP contribution in [0.2, 0.25) is 0 Å². The first kappa shape index (κ1) is 14.4. The second-order valence-corrected chi connectivity index (χ2v) is 3.18. The van der Waals surface area contributed by atoms with E-state index in [0.717, 1.165) is 6.42 Å². The Kier molecular flexibility index (Phi) is 9.52. The Balaban J connectivity index is 3.82. The van der Waals surface area contributed by atoms with Crippen LogP contribution < -0.4 is 0 Å². The van der Waals surface area contributed by atoms with Crippen molar-refractivity contribution in [3.05, 3.63) is 0 Å². The summed E-state index contributed by atoms with van der Waals surface area (Å²) < 4.78 is 15.6. The van der Waals surface area contributed by atoms with E-state index in [9.17, 15) is 4.79 Å². The molecule has 0 unspecified atom stereocenters. The molecule has 0 fully saturated rings. The smallest absolute Gasteiger partial charge is 0.306 e. The number of hydrogen-bond donors (Lipinski definition) is 0. The van der Waals surface area contributed by atoms with Gasteiger partial charge in [0, 0.05) is 19.6 Å². The van der Waals surface area contributed by atoms with Crippen LogP contribution in [0.4, 0.5) is 0 Å². The van der Waals surface area contributed by atoms with Crippen molar-refractivity contribution in [2.75, 3.05) is 26.4 Å². The fraction of sp³-hybridized carbons (Fsp3) is 0.909. The number of carbonyl (C=O) groups excluding carboxylic acids is 1. The summed E-state index contributed by atoms with van der Waals surface area (Å²) in [6, 6.07) is 0. The predicted octanol–water partition coefficient (Wildman–Crippen LogP) is 1.77. The summed E-state index contributed by atoms with van der Waals surface area (Å²) in [5.74, 6) is -0.179. The molecule has 0 aliphatic carbocycles. The largest absolute Gasteiger partial charge is 0.457 e. The van der Waals surface area contributed by atoms with E-state index in [2.05, 4.69) is 0 Å². The quantitative estimate of drug-likeness (QED) is 0.553. The first-order chi connectivity index (χ1) is 7.24. The lowest BCUT2D eigenvalue weighted by atomic mass is 10.3. The molecule has 90 valence electrons. The van der Waals surface area contributed by atoms with Crippen molar-refractivity contribution in [1.82, 2.24) is 0 Å². The molecule has 0 aromatic carbocycles. The van der Waals surface area contributed by atoms with Gasteiger partial charge >= 0.3 is 5.97 Å². The molecule has 0 aliphatic rings. The molecule has 0 spiro atoms. The maximum atomic E-state index is 11.2. The van der Waals surface area contributed by atoms with E-state index in [1.54, 1.807) is 0 Å². The maximum absolute atomic E-state index is 11.2. The zero-order valence-corrected chi connectivity index (χ0v) is 9.95. The van der Waals surface area contributed by atoms with Gasteiger partial charge < -0.3 is 14.2 Å². The van der Waals surface area contributed by atoms with E-state index in [0.29, 0.717) is 32.8 Å². The number of hydrogen-bond acceptors (Lipinski definition) is 4. The van der Waals surface area contributed by atoms with Crippen LogP contribution in [-0.2, 0) is 19.0 Å². The number of esters is 1. The van der Waals surface area contributed by atoms with Gasteiger partial charge in [-0.3, -0.25) is 4.79 Å². The number of ether oxygens (including phenoxy) is 3. The molecule has 0 atom stereocenters. The van der Waals surface area contributed by atoms with Crippen molar-refractivity contribution in [1.29, 1.82) is 0 Å². The highest BCUT2D eigenvalue weighted by atomic mass is 16.6. The lowest BCUT2D eigenvalue weighted by Gasteiger charge is -2.17. The van der Waals surface area contributed by atoms with Crippen LogP contribution in [0.15, 0.2) is 0 Å². The third kappa shape index (κ3) is 8.39. The SMILES string of the molecule is CCCC(=O)OC(COCC)COCC. The minimum absolute atomic E-state index is 0.179. The Morgan fingerprint density at radius 3 is 2.00 bits per heavy atom. The zero-order valence-electron chi connectivity index (χ0n) is 9.95. The molecule has 0 bridgehead atoms. The first-order valence-corrected chi connectivity index (χ1v) is 5.59. The maximum Gasteiger partial charge on any atom is 0.306 e. The van der Waals surface area contributed by atoms with Crippen LogP contribution in [-0.4, -0.2) is 38.5 Å². The second-order valence-electron chi connectivity index (χ2n) is 3.18. The Morgan fingerprint density at radius 1 is 1.07 bits per heavy atom. The van der Waals surface area contributed by atoms with Gasteiger partial charge in [-0.1, -0.05) is 6.92 Å². The monoisotopic (exact) mass is 218 g/mol. The summed E-state index contributed by atoms with van der Waals surface area (Å²) in [6.45, 7) is 7.82. The molecule has 0 aromatic heterocycles. The van der Waals surface area contributed by atoms with E-state index in [4.69, 9.17) is 14.2 Å². The minimum Gasteiger partial charge on any atom is -0.457 e. The third-order valence-corrected chi connectivity index (χ3v) is 1.77. The molecule has 4 nitrogen and oxygen atoms in total. The molecule has 0 amide bonds. The Hall–Kier alpha value is -0.610. The van der Waals surface area contributed by atoms with E-state index < -0.39 is 0 Å². The van der Waals surface area contributed by atoms with Crippen LogP contribution in [0.5, 0.6) is 0 Å². The molecule has 0 aromatic rings. The molecule has 0 rings (SSSR count). The van der Waals surface area contributed by atoms with Crippen LogP contribution in [0.1, 0.15) is 33.6 Å². The average Bonchev–Trinajstić information content (AvgIpc) is 2.22. The highest BCUT2D eigenvalue weighted by molar-refractivity contribution is 5.69. The van der Waals surface area contributed by atoms with Crippen LogP contribution in [0, 0.1) is 0 Å². The number of rotatable bonds is 9. The van der Waals surface area contributed by atoms with E-state index in [-0.39, 0.29) is 12.1 Å². The molecule has 0 radical (unpaired) electrons. The Morgan fingerprint density at radius 2 is 1.60 bits per heavy atom. The van der Waals surface area contributed by atoms with Gasteiger partial charge in [-0.15, -0.1) is 0 Å². The predicted molar refractivity (Wildman–Crippen MR) is 57.8 cm³/mol. The van der Waals surface area contributed by atoms with Crippen molar-refractivity contribution in [2.24, 2.45) is 0 Å². The normalized spacial score (nSPS) is 10.7. The van der Waals surface area contributed by atoms with Crippen molar-refractivity contribution >= 4 is 5.97 Å². The highest BCUT2D eigenvalue weighted by Crippen LogP contribution is 2.00. The lowest BCUT2D eigenvalue weighted by molar-refractivity contribution is -0.156. The molecule has 15 heavy (non-hydrogen) atoms. The number of carbonyl (C=O) groups is 1. The van der Waals surface area contributed by atoms with Gasteiger partial charge in [0.1, 0.15) is 6.10 Å².